The van der Waals surface area contributed by atoms with Crippen molar-refractivity contribution in [2.75, 3.05) is 12.1 Å². The number of nitrogens with one attached hydrogen (secondary N) is 2. The van der Waals surface area contributed by atoms with Gasteiger partial charge in [0.2, 0.25) is 6.79 Å². The van der Waals surface area contributed by atoms with Gasteiger partial charge in [-0.25, -0.2) is 4.39 Å². The quantitative estimate of drug-likeness (QED) is 0.570. The normalized spacial score (nSPS) is 12.4. The Bertz CT molecular complexity index is 1180. The van der Waals surface area contributed by atoms with E-state index in [4.69, 9.17) is 21.1 Å². The number of fused-ring (bicyclic) bond motifs is 1. The highest BCUT2D eigenvalue weighted by Gasteiger charge is 2.18. The molecule has 8 heteroatoms. The predicted octanol–water partition coefficient (Wildman–Crippen LogP) is 4.62. The van der Waals surface area contributed by atoms with Crippen LogP contribution in [0.4, 0.5) is 10.1 Å². The van der Waals surface area contributed by atoms with E-state index < -0.39 is 17.6 Å². The summed E-state index contributed by atoms with van der Waals surface area (Å²) >= 11 is 6.10. The van der Waals surface area contributed by atoms with Crippen molar-refractivity contribution < 1.29 is 23.5 Å². The maximum absolute atomic E-state index is 13.2. The van der Waals surface area contributed by atoms with Gasteiger partial charge in [-0.3, -0.25) is 9.59 Å². The fraction of sp³-hybridized carbons (Fsp3) is 0.0435. The predicted molar refractivity (Wildman–Crippen MR) is 114 cm³/mol. The summed E-state index contributed by atoms with van der Waals surface area (Å²) < 4.78 is 23.8. The average Bonchev–Trinajstić information content (AvgIpc) is 3.23. The van der Waals surface area contributed by atoms with E-state index >= 15 is 0 Å². The van der Waals surface area contributed by atoms with Gasteiger partial charge >= 0.3 is 0 Å². The molecule has 4 rings (SSSR count). The molecular weight excluding hydrogens is 423 g/mol. The molecule has 0 atom stereocenters. The van der Waals surface area contributed by atoms with E-state index in [0.29, 0.717) is 22.7 Å². The van der Waals surface area contributed by atoms with Gasteiger partial charge in [0.05, 0.1) is 10.6 Å². The maximum atomic E-state index is 13.2. The number of benzene rings is 3. The number of amides is 2. The van der Waals surface area contributed by atoms with Gasteiger partial charge in [0.15, 0.2) is 11.5 Å². The monoisotopic (exact) mass is 438 g/mol. The molecule has 156 valence electrons. The van der Waals surface area contributed by atoms with E-state index in [1.165, 1.54) is 30.3 Å². The minimum atomic E-state index is -0.593. The fourth-order valence-electron chi connectivity index (χ4n) is 2.89. The maximum Gasteiger partial charge on any atom is 0.272 e. The molecule has 0 bridgehead atoms. The minimum Gasteiger partial charge on any atom is -0.454 e. The van der Waals surface area contributed by atoms with Crippen LogP contribution >= 0.6 is 11.6 Å². The summed E-state index contributed by atoms with van der Waals surface area (Å²) in [7, 11) is 0. The SMILES string of the molecule is O=C(Nc1ccc(F)cc1)C(=Cc1ccc2c(c1)OCO2)NC(=O)c1ccccc1Cl. The van der Waals surface area contributed by atoms with Crippen LogP contribution in [0.2, 0.25) is 5.02 Å². The molecule has 1 heterocycles. The second-order valence-corrected chi connectivity index (χ2v) is 6.97. The summed E-state index contributed by atoms with van der Waals surface area (Å²) in [5, 5.41) is 5.49. The van der Waals surface area contributed by atoms with E-state index in [1.807, 2.05) is 0 Å². The molecule has 0 saturated heterocycles. The first kappa shape index (κ1) is 20.4. The number of ether oxygens (including phenoxy) is 2. The molecule has 0 fully saturated rings. The van der Waals surface area contributed by atoms with E-state index in [9.17, 15) is 14.0 Å². The van der Waals surface area contributed by atoms with Crippen molar-refractivity contribution in [3.05, 3.63) is 94.4 Å². The highest BCUT2D eigenvalue weighted by Crippen LogP contribution is 2.33. The van der Waals surface area contributed by atoms with Crippen LogP contribution < -0.4 is 20.1 Å². The number of carbonyl (C=O) groups excluding carboxylic acids is 2. The van der Waals surface area contributed by atoms with Crippen LogP contribution in [-0.4, -0.2) is 18.6 Å². The Kier molecular flexibility index (Phi) is 5.86. The van der Waals surface area contributed by atoms with E-state index in [0.717, 1.165) is 0 Å². The van der Waals surface area contributed by atoms with Crippen LogP contribution in [0, 0.1) is 5.82 Å². The van der Waals surface area contributed by atoms with Gasteiger partial charge in [0.1, 0.15) is 11.5 Å². The molecule has 0 unspecified atom stereocenters. The van der Waals surface area contributed by atoms with Gasteiger partial charge in [0, 0.05) is 5.69 Å². The van der Waals surface area contributed by atoms with Crippen molar-refractivity contribution in [2.24, 2.45) is 0 Å². The van der Waals surface area contributed by atoms with E-state index in [2.05, 4.69) is 10.6 Å². The zero-order valence-corrected chi connectivity index (χ0v) is 16.8. The van der Waals surface area contributed by atoms with Gasteiger partial charge in [0.25, 0.3) is 11.8 Å². The lowest BCUT2D eigenvalue weighted by Crippen LogP contribution is -2.31. The molecule has 1 aliphatic rings. The highest BCUT2D eigenvalue weighted by atomic mass is 35.5. The molecule has 2 amide bonds. The second-order valence-electron chi connectivity index (χ2n) is 6.57. The van der Waals surface area contributed by atoms with Crippen LogP contribution in [0.15, 0.2) is 72.4 Å². The fourth-order valence-corrected chi connectivity index (χ4v) is 3.12. The Labute approximate surface area is 182 Å². The van der Waals surface area contributed by atoms with Crippen LogP contribution in [0.25, 0.3) is 6.08 Å². The molecule has 0 spiro atoms. The summed E-state index contributed by atoms with van der Waals surface area (Å²) in [5.41, 5.74) is 1.16. The summed E-state index contributed by atoms with van der Waals surface area (Å²) in [4.78, 5) is 25.7. The zero-order chi connectivity index (χ0) is 21.8. The van der Waals surface area contributed by atoms with Gasteiger partial charge in [-0.05, 0) is 60.2 Å². The summed E-state index contributed by atoms with van der Waals surface area (Å²) in [6.07, 6.45) is 1.50. The van der Waals surface area contributed by atoms with Crippen molar-refractivity contribution in [1.82, 2.24) is 5.32 Å². The molecule has 6 nitrogen and oxygen atoms in total. The number of rotatable bonds is 5. The molecule has 1 aliphatic heterocycles. The van der Waals surface area contributed by atoms with Crippen molar-refractivity contribution in [2.45, 2.75) is 0 Å². The Morgan fingerprint density at radius 1 is 0.968 bits per heavy atom. The third-order valence-corrected chi connectivity index (χ3v) is 4.75. The lowest BCUT2D eigenvalue weighted by molar-refractivity contribution is -0.113. The number of hydrogen-bond acceptors (Lipinski definition) is 4. The molecule has 31 heavy (non-hydrogen) atoms. The molecule has 0 saturated carbocycles. The standard InChI is InChI=1S/C23H16ClFN2O4/c24-18-4-2-1-3-17(18)22(28)27-19(23(29)26-16-8-6-15(25)7-9-16)11-14-5-10-20-21(12-14)31-13-30-20/h1-12H,13H2,(H,26,29)(H,27,28). The molecule has 0 aromatic heterocycles. The second kappa shape index (κ2) is 8.89. The van der Waals surface area contributed by atoms with Crippen molar-refractivity contribution in [3.8, 4) is 11.5 Å². The third kappa shape index (κ3) is 4.84. The lowest BCUT2D eigenvalue weighted by Gasteiger charge is -2.12. The summed E-state index contributed by atoms with van der Waals surface area (Å²) in [6.45, 7) is 0.115. The minimum absolute atomic E-state index is 0.0342. The zero-order valence-electron chi connectivity index (χ0n) is 16.0. The smallest absolute Gasteiger partial charge is 0.272 e. The van der Waals surface area contributed by atoms with E-state index in [-0.39, 0.29) is 23.1 Å². The van der Waals surface area contributed by atoms with Gasteiger partial charge < -0.3 is 20.1 Å². The van der Waals surface area contributed by atoms with Gasteiger partial charge in [-0.1, -0.05) is 29.8 Å². The summed E-state index contributed by atoms with van der Waals surface area (Å²) in [5.74, 6) is -0.447. The summed E-state index contributed by atoms with van der Waals surface area (Å²) in [6, 6.07) is 16.9. The van der Waals surface area contributed by atoms with Crippen LogP contribution in [0.5, 0.6) is 11.5 Å². The topological polar surface area (TPSA) is 76.7 Å². The van der Waals surface area contributed by atoms with Crippen LogP contribution in [-0.2, 0) is 4.79 Å². The molecule has 3 aromatic rings. The number of halogens is 2. The Morgan fingerprint density at radius 3 is 2.48 bits per heavy atom. The lowest BCUT2D eigenvalue weighted by atomic mass is 10.1. The Balaban J connectivity index is 1.64. The molecule has 2 N–H and O–H groups in total. The number of hydrogen-bond donors (Lipinski definition) is 2. The largest absolute Gasteiger partial charge is 0.454 e. The van der Waals surface area contributed by atoms with Crippen LogP contribution in [0.3, 0.4) is 0 Å². The van der Waals surface area contributed by atoms with Gasteiger partial charge in [-0.15, -0.1) is 0 Å². The Morgan fingerprint density at radius 2 is 1.71 bits per heavy atom. The number of carbonyl (C=O) groups is 2. The Hall–Kier alpha value is -3.84. The first-order valence-corrected chi connectivity index (χ1v) is 9.61. The first-order valence-electron chi connectivity index (χ1n) is 9.24. The third-order valence-electron chi connectivity index (χ3n) is 4.42. The molecule has 0 radical (unpaired) electrons. The van der Waals surface area contributed by atoms with Crippen molar-refractivity contribution in [3.63, 3.8) is 0 Å². The van der Waals surface area contributed by atoms with Gasteiger partial charge in [-0.2, -0.15) is 0 Å². The molecule has 0 aliphatic carbocycles. The molecular formula is C23H16ClFN2O4. The first-order chi connectivity index (χ1) is 15.0. The molecule has 3 aromatic carbocycles. The number of anilines is 1. The van der Waals surface area contributed by atoms with Crippen molar-refractivity contribution >= 4 is 35.2 Å². The van der Waals surface area contributed by atoms with E-state index in [1.54, 1.807) is 42.5 Å². The highest BCUT2D eigenvalue weighted by molar-refractivity contribution is 6.34. The van der Waals surface area contributed by atoms with Crippen LogP contribution in [0.1, 0.15) is 15.9 Å². The van der Waals surface area contributed by atoms with Crippen molar-refractivity contribution in [1.29, 1.82) is 0 Å². The average molecular weight is 439 g/mol.